The Morgan fingerprint density at radius 1 is 0.484 bits per heavy atom. The van der Waals surface area contributed by atoms with Crippen molar-refractivity contribution in [2.75, 3.05) is 85.1 Å². The highest BCUT2D eigenvalue weighted by molar-refractivity contribution is 6.50. The molecular weight excluding hydrogens is 1630 g/mol. The second kappa shape index (κ2) is 45.2. The van der Waals surface area contributed by atoms with Gasteiger partial charge in [-0.25, -0.2) is 0 Å². The average Bonchev–Trinajstić information content (AvgIpc) is 1.55. The maximum absolute atomic E-state index is 12.6. The molecule has 12 fully saturated rings. The van der Waals surface area contributed by atoms with E-state index in [1.807, 2.05) is 4.90 Å². The Hall–Kier alpha value is -4.94. The van der Waals surface area contributed by atoms with Crippen LogP contribution in [0, 0.1) is 99.6 Å². The molecule has 716 valence electrons. The van der Waals surface area contributed by atoms with Gasteiger partial charge in [-0.15, -0.1) is 0 Å². The highest BCUT2D eigenvalue weighted by Crippen LogP contribution is 2.57. The van der Waals surface area contributed by atoms with Gasteiger partial charge in [0.2, 0.25) is 5.91 Å². The molecule has 12 rings (SSSR count). The second-order valence-electron chi connectivity index (χ2n) is 41.4. The SMILES string of the molecule is CB(O)CCCC1C2CN(C(=N)N)CC2CC1(N)C(=O)O.CB(O)CCCC1C2CN(CC(F)(F)F)CC2CC1(N)C(=O)O.CB(O)CCCC1C2CNCC2(C)CC1(N)C(=O)O.CB(O)CCCC1CC2(CCCN2C(=O)C(C)N)CCC1(N)C(=O)O.CB(O)CCCC1CC2CNCC2C1(N)C(=O)O.CCN1CC2CC(N)(C(=O)O)C(CCCB(C)O)C2C1. The summed E-state index contributed by atoms with van der Waals surface area (Å²) in [6, 6.07) is -0.548. The number of rotatable bonds is 33. The standard InChI is InChI=1S/C17H32BN3O4.C14H24BF3N2O3.C14H27BN2O3.C13H25BN4O3.C13H25BN2O3.C12H23BN2O3/c1-12(19)14(22)21-10-4-6-16(21)7-8-17(20,15(23)24)13(11-16)5-3-9-18(2)25;1-15(23)4-2-3-11-10-7-20(8-14(16,17)18)6-9(10)5-13(11,19)12(21)22;1-3-17-8-10-7-14(16,13(18)19)12(11(10)9-17)5-4-6-15(2)20;1-14(21)4-2-3-10-9-7-18(12(15)16)6-8(9)5-13(10,17)11(19)20;1-12-7-13(15,11(17)18)9(4-3-5-14(2)19)10(12)6-16-8-12;1-13(18)4-2-3-9-5-8-6-15-7-10(8)12(9,14)11(16)17/h12-13,25H,3-11,19-20H2,1-2H3,(H,23,24);9-11,23H,2-8,19H2,1H3,(H,21,22);10-12,20H,3-9,16H2,1-2H3,(H,18,19);8-10,21H,2-7,17H2,1H3,(H3,15,16)(H,19,20);9-10,16,19H,3-8,15H2,1-2H3,(H,17,18);8-10,15,18H,2-7,14H2,1H3,(H,16,17). The number of hydrogen-bond donors (Lipinski definition) is 23. The topological polar surface area (TPSA) is 631 Å². The number of fused-ring (bicyclic) bond motifs is 5. The van der Waals surface area contributed by atoms with E-state index in [1.165, 1.54) is 4.90 Å². The Morgan fingerprint density at radius 3 is 1.29 bits per heavy atom. The number of alkyl halides is 3. The zero-order valence-electron chi connectivity index (χ0n) is 76.5. The lowest BCUT2D eigenvalue weighted by molar-refractivity contribution is -0.151. The van der Waals surface area contributed by atoms with Gasteiger partial charge in [-0.2, -0.15) is 13.2 Å². The van der Waals surface area contributed by atoms with Crippen molar-refractivity contribution in [3.8, 4) is 0 Å². The van der Waals surface area contributed by atoms with Crippen LogP contribution < -0.4 is 56.5 Å². The molecule has 1 amide bonds. The van der Waals surface area contributed by atoms with Crippen molar-refractivity contribution in [2.24, 2.45) is 140 Å². The van der Waals surface area contributed by atoms with Crippen LogP contribution in [0.5, 0.6) is 0 Å². The number of carbonyl (C=O) groups excluding carboxylic acids is 1. The monoisotopic (exact) mass is 1790 g/mol. The predicted octanol–water partition coefficient (Wildman–Crippen LogP) is 2.76. The predicted molar refractivity (Wildman–Crippen MR) is 483 cm³/mol. The molecular formula is C83H156B6F3N15O19. The first-order valence-corrected chi connectivity index (χ1v) is 46.8. The van der Waals surface area contributed by atoms with E-state index in [2.05, 4.69) is 29.4 Å². The minimum atomic E-state index is -4.24. The van der Waals surface area contributed by atoms with Gasteiger partial charge in [-0.05, 0) is 255 Å². The van der Waals surface area contributed by atoms with E-state index >= 15 is 0 Å². The van der Waals surface area contributed by atoms with Crippen LogP contribution in [0.15, 0.2) is 0 Å². The number of aliphatic carboxylic acids is 6. The molecule has 6 aliphatic carbocycles. The van der Waals surface area contributed by atoms with Crippen LogP contribution in [0.4, 0.5) is 13.2 Å². The Kier molecular flexibility index (Phi) is 38.8. The van der Waals surface area contributed by atoms with E-state index in [1.54, 1.807) is 52.8 Å². The summed E-state index contributed by atoms with van der Waals surface area (Å²) in [7, 11) is 0. The number of carbonyl (C=O) groups is 7. The van der Waals surface area contributed by atoms with Crippen molar-refractivity contribution in [3.63, 3.8) is 0 Å². The van der Waals surface area contributed by atoms with Gasteiger partial charge in [0.1, 0.15) is 33.2 Å². The van der Waals surface area contributed by atoms with Crippen molar-refractivity contribution in [1.29, 1.82) is 5.41 Å². The van der Waals surface area contributed by atoms with Crippen LogP contribution >= 0.6 is 0 Å². The third-order valence-electron chi connectivity index (χ3n) is 31.9. The van der Waals surface area contributed by atoms with Crippen molar-refractivity contribution in [1.82, 2.24) is 30.2 Å². The summed E-state index contributed by atoms with van der Waals surface area (Å²) in [5.74, 6) is -4.38. The number of carboxylic acid groups (broad SMARTS) is 6. The number of nitrogens with two attached hydrogens (primary N) is 8. The third-order valence-corrected chi connectivity index (χ3v) is 31.9. The summed E-state index contributed by atoms with van der Waals surface area (Å²) in [6.45, 7) is 22.0. The molecule has 12 aliphatic rings. The Labute approximate surface area is 745 Å². The minimum absolute atomic E-state index is 0.00262. The van der Waals surface area contributed by atoms with Crippen molar-refractivity contribution in [3.05, 3.63) is 0 Å². The van der Waals surface area contributed by atoms with Crippen molar-refractivity contribution in [2.45, 2.75) is 292 Å². The molecule has 24 atom stereocenters. The van der Waals surface area contributed by atoms with Gasteiger partial charge >= 0.3 is 42.0 Å². The summed E-state index contributed by atoms with van der Waals surface area (Å²) in [5, 5.41) is 128. The van der Waals surface area contributed by atoms with Gasteiger partial charge in [0.05, 0.1) is 12.6 Å². The van der Waals surface area contributed by atoms with E-state index in [0.717, 1.165) is 129 Å². The highest BCUT2D eigenvalue weighted by atomic mass is 19.4. The fourth-order valence-corrected chi connectivity index (χ4v) is 25.3. The summed E-state index contributed by atoms with van der Waals surface area (Å²) in [5.41, 5.74) is 41.4. The quantitative estimate of drug-likeness (QED) is 0.0255. The van der Waals surface area contributed by atoms with E-state index in [4.69, 9.17) is 51.3 Å². The van der Waals surface area contributed by atoms with Crippen LogP contribution in [0.2, 0.25) is 78.9 Å². The first-order chi connectivity index (χ1) is 58.5. The molecule has 0 aromatic heterocycles. The minimum Gasteiger partial charge on any atom is -0.480 e. The Morgan fingerprint density at radius 2 is 0.881 bits per heavy atom. The second-order valence-corrected chi connectivity index (χ2v) is 41.4. The zero-order valence-corrected chi connectivity index (χ0v) is 76.5. The molecule has 1 spiro atoms. The lowest BCUT2D eigenvalue weighted by Gasteiger charge is -2.50. The molecule has 0 bridgehead atoms. The van der Waals surface area contributed by atoms with Crippen LogP contribution in [-0.4, -0.2) is 306 Å². The highest BCUT2D eigenvalue weighted by Gasteiger charge is 2.65. The molecule has 0 radical (unpaired) electrons. The number of halogens is 3. The molecule has 24 unspecified atom stereocenters. The lowest BCUT2D eigenvalue weighted by atomic mass is 9.61. The number of nitrogens with one attached hydrogen (secondary N) is 3. The number of amides is 1. The summed E-state index contributed by atoms with van der Waals surface area (Å²) in [4.78, 5) is 89.9. The fourth-order valence-electron chi connectivity index (χ4n) is 25.3. The largest absolute Gasteiger partial charge is 0.480 e. The third kappa shape index (κ3) is 25.9. The molecule has 31 N–H and O–H groups in total. The molecule has 126 heavy (non-hydrogen) atoms. The molecule has 34 nitrogen and oxygen atoms in total. The molecule has 6 saturated carbocycles. The molecule has 6 heterocycles. The average molecular weight is 1790 g/mol. The summed E-state index contributed by atoms with van der Waals surface area (Å²) >= 11 is 0. The van der Waals surface area contributed by atoms with Gasteiger partial charge in [-0.1, -0.05) is 93.3 Å². The van der Waals surface area contributed by atoms with E-state index < -0.39 is 102 Å². The van der Waals surface area contributed by atoms with Crippen molar-refractivity contribution >= 4 is 89.2 Å². The van der Waals surface area contributed by atoms with Crippen LogP contribution in [-0.2, 0) is 33.6 Å². The molecule has 43 heteroatoms. The maximum atomic E-state index is 12.6. The summed E-state index contributed by atoms with van der Waals surface area (Å²) in [6.07, 6.45) is 14.7. The zero-order chi connectivity index (χ0) is 94.5. The van der Waals surface area contributed by atoms with Gasteiger partial charge in [-0.3, -0.25) is 43.9 Å². The molecule has 6 saturated heterocycles. The first-order valence-electron chi connectivity index (χ1n) is 46.8. The number of likely N-dealkylation sites (tertiary alicyclic amines) is 4. The number of guanidine groups is 1. The van der Waals surface area contributed by atoms with E-state index in [-0.39, 0.29) is 135 Å². The first kappa shape index (κ1) is 108. The van der Waals surface area contributed by atoms with E-state index in [9.17, 15) is 108 Å². The van der Waals surface area contributed by atoms with Gasteiger partial charge in [0.15, 0.2) is 5.96 Å². The van der Waals surface area contributed by atoms with Crippen molar-refractivity contribution < 1.29 is 108 Å². The molecule has 0 aromatic rings. The van der Waals surface area contributed by atoms with Crippen LogP contribution in [0.3, 0.4) is 0 Å². The van der Waals surface area contributed by atoms with Gasteiger partial charge < -0.3 is 132 Å². The fraction of sp³-hybridized carbons (Fsp3) is 0.904. The Balaban J connectivity index is 0.000000208. The lowest BCUT2D eigenvalue weighted by Crippen LogP contribution is -2.64. The number of carboxylic acids is 6. The van der Waals surface area contributed by atoms with E-state index in [0.29, 0.717) is 133 Å². The van der Waals surface area contributed by atoms with Gasteiger partial charge in [0.25, 0.3) is 41.5 Å². The maximum Gasteiger partial charge on any atom is 0.401 e. The molecule has 0 aromatic carbocycles. The Bertz CT molecular complexity index is 3610. The summed E-state index contributed by atoms with van der Waals surface area (Å²) < 4.78 is 37.7. The number of hydrogen-bond acceptors (Lipinski definition) is 25. The molecule has 6 aliphatic heterocycles. The van der Waals surface area contributed by atoms with Crippen LogP contribution in [0.25, 0.3) is 0 Å². The van der Waals surface area contributed by atoms with Crippen LogP contribution in [0.1, 0.15) is 162 Å². The van der Waals surface area contributed by atoms with Gasteiger partial charge in [0, 0.05) is 70.4 Å². The normalized spacial score (nSPS) is 36.4. The number of nitrogens with zero attached hydrogens (tertiary/aromatic N) is 4. The smallest absolute Gasteiger partial charge is 0.401 e.